The van der Waals surface area contributed by atoms with E-state index in [1.165, 1.54) is 7.05 Å². The largest absolute Gasteiger partial charge is 0.394 e. The summed E-state index contributed by atoms with van der Waals surface area (Å²) in [7, 11) is 1.50. The number of carbonyl (C=O) groups excluding carboxylic acids is 3. The molecule has 110 valence electrons. The summed E-state index contributed by atoms with van der Waals surface area (Å²) in [5.74, 6) is -1.39. The zero-order valence-corrected chi connectivity index (χ0v) is 11.1. The predicted octanol–water partition coefficient (Wildman–Crippen LogP) is -2.86. The lowest BCUT2D eigenvalue weighted by atomic mass is 10.1. The third kappa shape index (κ3) is 6.27. The van der Waals surface area contributed by atoms with Crippen LogP contribution in [0.15, 0.2) is 0 Å². The van der Waals surface area contributed by atoms with Crippen LogP contribution >= 0.6 is 0 Å². The summed E-state index contributed by atoms with van der Waals surface area (Å²) < 4.78 is 0. The van der Waals surface area contributed by atoms with Gasteiger partial charge in [-0.15, -0.1) is 0 Å². The predicted molar refractivity (Wildman–Crippen MR) is 67.3 cm³/mol. The Hall–Kier alpha value is -1.51. The van der Waals surface area contributed by atoms with Gasteiger partial charge in [0, 0.05) is 6.42 Å². The van der Waals surface area contributed by atoms with Crippen molar-refractivity contribution in [3.05, 3.63) is 0 Å². The number of aliphatic hydroxyl groups excluding tert-OH is 2. The van der Waals surface area contributed by atoms with Crippen LogP contribution in [-0.4, -0.2) is 66.7 Å². The Bertz CT molecular complexity index is 317. The van der Waals surface area contributed by atoms with Crippen molar-refractivity contribution in [2.45, 2.75) is 25.4 Å². The number of Topliss-reactive ketones (excluding diaryl/α,β-unsaturated/α-hetero) is 1. The summed E-state index contributed by atoms with van der Waals surface area (Å²) in [6.07, 6.45) is 0.199. The van der Waals surface area contributed by atoms with Crippen molar-refractivity contribution in [2.75, 3.05) is 26.8 Å². The molecule has 0 bridgehead atoms. The second kappa shape index (κ2) is 9.42. The Morgan fingerprint density at radius 1 is 1.11 bits per heavy atom. The number of rotatable bonds is 9. The van der Waals surface area contributed by atoms with E-state index in [9.17, 15) is 14.4 Å². The molecule has 2 unspecified atom stereocenters. The van der Waals surface area contributed by atoms with Crippen molar-refractivity contribution in [1.29, 1.82) is 0 Å². The molecule has 8 nitrogen and oxygen atoms in total. The molecule has 0 rings (SSSR count). The van der Waals surface area contributed by atoms with Crippen LogP contribution in [0.1, 0.15) is 13.3 Å². The SMILES string of the molecule is CCC(=O)C(CO)NC(=O)CNC(=O)C(CO)NC. The maximum Gasteiger partial charge on any atom is 0.240 e. The van der Waals surface area contributed by atoms with Crippen LogP contribution in [0, 0.1) is 0 Å². The molecule has 0 aliphatic carbocycles. The summed E-state index contributed by atoms with van der Waals surface area (Å²) >= 11 is 0. The molecule has 0 radical (unpaired) electrons. The van der Waals surface area contributed by atoms with Gasteiger partial charge in [0.2, 0.25) is 11.8 Å². The zero-order chi connectivity index (χ0) is 14.8. The maximum absolute atomic E-state index is 11.5. The highest BCUT2D eigenvalue weighted by atomic mass is 16.3. The van der Waals surface area contributed by atoms with E-state index in [0.717, 1.165) is 0 Å². The highest BCUT2D eigenvalue weighted by Crippen LogP contribution is 1.90. The normalized spacial score (nSPS) is 13.5. The minimum atomic E-state index is -0.952. The fourth-order valence-corrected chi connectivity index (χ4v) is 1.32. The van der Waals surface area contributed by atoms with Gasteiger partial charge in [-0.05, 0) is 7.05 Å². The lowest BCUT2D eigenvalue weighted by Gasteiger charge is -2.16. The van der Waals surface area contributed by atoms with E-state index in [1.54, 1.807) is 6.92 Å². The fourth-order valence-electron chi connectivity index (χ4n) is 1.32. The van der Waals surface area contributed by atoms with Crippen molar-refractivity contribution in [3.63, 3.8) is 0 Å². The lowest BCUT2D eigenvalue weighted by Crippen LogP contribution is -2.50. The van der Waals surface area contributed by atoms with Crippen molar-refractivity contribution in [1.82, 2.24) is 16.0 Å². The fraction of sp³-hybridized carbons (Fsp3) is 0.727. The number of hydrogen-bond donors (Lipinski definition) is 5. The Labute approximate surface area is 111 Å². The molecule has 2 atom stereocenters. The number of likely N-dealkylation sites (N-methyl/N-ethyl adjacent to an activating group) is 1. The average molecular weight is 275 g/mol. The molecule has 8 heteroatoms. The van der Waals surface area contributed by atoms with Gasteiger partial charge < -0.3 is 26.2 Å². The summed E-state index contributed by atoms with van der Waals surface area (Å²) in [4.78, 5) is 34.2. The van der Waals surface area contributed by atoms with E-state index < -0.39 is 37.1 Å². The first-order valence-electron chi connectivity index (χ1n) is 5.98. The third-order valence-corrected chi connectivity index (χ3v) is 2.53. The molecule has 2 amide bonds. The quantitative estimate of drug-likeness (QED) is 0.308. The van der Waals surface area contributed by atoms with E-state index in [2.05, 4.69) is 16.0 Å². The molecule has 0 aromatic rings. The van der Waals surface area contributed by atoms with Gasteiger partial charge in [0.05, 0.1) is 19.8 Å². The first kappa shape index (κ1) is 17.5. The molecule has 0 fully saturated rings. The lowest BCUT2D eigenvalue weighted by molar-refractivity contribution is -0.130. The Morgan fingerprint density at radius 3 is 2.11 bits per heavy atom. The molecule has 0 saturated carbocycles. The van der Waals surface area contributed by atoms with E-state index in [0.29, 0.717) is 0 Å². The third-order valence-electron chi connectivity index (χ3n) is 2.53. The Kier molecular flexibility index (Phi) is 8.68. The van der Waals surface area contributed by atoms with Gasteiger partial charge in [0.15, 0.2) is 5.78 Å². The molecule has 0 aliphatic heterocycles. The molecule has 0 aromatic carbocycles. The van der Waals surface area contributed by atoms with Gasteiger partial charge >= 0.3 is 0 Å². The minimum absolute atomic E-state index is 0.199. The standard InChI is InChI=1S/C11H21N3O5/c1-3-9(17)7(5-15)14-10(18)4-13-11(19)8(6-16)12-2/h7-8,12,15-16H,3-6H2,1-2H3,(H,13,19)(H,14,18). The van der Waals surface area contributed by atoms with E-state index in [4.69, 9.17) is 10.2 Å². The number of ketones is 1. The number of hydrogen-bond acceptors (Lipinski definition) is 6. The Morgan fingerprint density at radius 2 is 1.68 bits per heavy atom. The van der Waals surface area contributed by atoms with Crippen molar-refractivity contribution < 1.29 is 24.6 Å². The molecule has 5 N–H and O–H groups in total. The van der Waals surface area contributed by atoms with Gasteiger partial charge in [-0.1, -0.05) is 6.92 Å². The van der Waals surface area contributed by atoms with Crippen molar-refractivity contribution in [3.8, 4) is 0 Å². The van der Waals surface area contributed by atoms with Crippen LogP contribution in [0.2, 0.25) is 0 Å². The molecular weight excluding hydrogens is 254 g/mol. The van der Waals surface area contributed by atoms with Gasteiger partial charge in [0.25, 0.3) is 0 Å². The number of carbonyl (C=O) groups is 3. The molecule has 0 heterocycles. The van der Waals surface area contributed by atoms with Crippen LogP contribution in [0.5, 0.6) is 0 Å². The molecule has 0 saturated heterocycles. The summed E-state index contributed by atoms with van der Waals surface area (Å²) in [6, 6.07) is -1.74. The van der Waals surface area contributed by atoms with Crippen LogP contribution < -0.4 is 16.0 Å². The van der Waals surface area contributed by atoms with Gasteiger partial charge in [-0.3, -0.25) is 14.4 Å². The van der Waals surface area contributed by atoms with E-state index >= 15 is 0 Å². The topological polar surface area (TPSA) is 128 Å². The van der Waals surface area contributed by atoms with Crippen molar-refractivity contribution in [2.24, 2.45) is 0 Å². The molecular formula is C11H21N3O5. The van der Waals surface area contributed by atoms with Crippen molar-refractivity contribution >= 4 is 17.6 Å². The highest BCUT2D eigenvalue weighted by Gasteiger charge is 2.19. The van der Waals surface area contributed by atoms with Gasteiger partial charge in [-0.2, -0.15) is 0 Å². The minimum Gasteiger partial charge on any atom is -0.394 e. The first-order chi connectivity index (χ1) is 8.99. The highest BCUT2D eigenvalue weighted by molar-refractivity contribution is 5.91. The summed E-state index contributed by atoms with van der Waals surface area (Å²) in [6.45, 7) is 0.419. The van der Waals surface area contributed by atoms with Gasteiger partial charge in [0.1, 0.15) is 12.1 Å². The molecule has 0 spiro atoms. The summed E-state index contributed by atoms with van der Waals surface area (Å²) in [5.41, 5.74) is 0. The molecule has 19 heavy (non-hydrogen) atoms. The van der Waals surface area contributed by atoms with Crippen LogP contribution in [-0.2, 0) is 14.4 Å². The monoisotopic (exact) mass is 275 g/mol. The molecule has 0 aliphatic rings. The van der Waals surface area contributed by atoms with Crippen LogP contribution in [0.4, 0.5) is 0 Å². The smallest absolute Gasteiger partial charge is 0.240 e. The summed E-state index contributed by atoms with van der Waals surface area (Å²) in [5, 5.41) is 25.0. The van der Waals surface area contributed by atoms with Crippen LogP contribution in [0.25, 0.3) is 0 Å². The number of aliphatic hydroxyl groups is 2. The van der Waals surface area contributed by atoms with Crippen LogP contribution in [0.3, 0.4) is 0 Å². The number of nitrogens with one attached hydrogen (secondary N) is 3. The second-order valence-corrected chi connectivity index (χ2v) is 3.86. The van der Waals surface area contributed by atoms with Gasteiger partial charge in [-0.25, -0.2) is 0 Å². The average Bonchev–Trinajstić information content (AvgIpc) is 2.42. The molecule has 0 aromatic heterocycles. The van der Waals surface area contributed by atoms with E-state index in [-0.39, 0.29) is 18.7 Å². The zero-order valence-electron chi connectivity index (χ0n) is 11.1. The van der Waals surface area contributed by atoms with E-state index in [1.807, 2.05) is 0 Å². The second-order valence-electron chi connectivity index (χ2n) is 3.86. The number of amides is 2. The first-order valence-corrected chi connectivity index (χ1v) is 5.98. The Balaban J connectivity index is 4.17. The maximum atomic E-state index is 11.5.